The molecule has 1 unspecified atom stereocenters. The van der Waals surface area contributed by atoms with E-state index >= 15 is 0 Å². The molecule has 0 fully saturated rings. The second-order valence-electron chi connectivity index (χ2n) is 5.23. The fourth-order valence-corrected chi connectivity index (χ4v) is 3.18. The van der Waals surface area contributed by atoms with Crippen molar-refractivity contribution in [3.8, 4) is 0 Å². The number of aromatic nitrogens is 2. The molecule has 1 N–H and O–H groups in total. The number of benzene rings is 1. The first-order valence-corrected chi connectivity index (χ1v) is 8.06. The monoisotopic (exact) mass is 297 g/mol. The summed E-state index contributed by atoms with van der Waals surface area (Å²) in [4.78, 5) is 10.6. The van der Waals surface area contributed by atoms with Gasteiger partial charge in [0.05, 0.1) is 11.6 Å². The summed E-state index contributed by atoms with van der Waals surface area (Å²) in [5.74, 6) is 0.939. The van der Waals surface area contributed by atoms with Gasteiger partial charge in [-0.05, 0) is 38.0 Å². The van der Waals surface area contributed by atoms with Gasteiger partial charge in [0.2, 0.25) is 0 Å². The predicted octanol–water partition coefficient (Wildman–Crippen LogP) is 4.74. The maximum atomic E-state index is 4.73. The summed E-state index contributed by atoms with van der Waals surface area (Å²) in [5, 5.41) is 5.78. The smallest absolute Gasteiger partial charge is 0.130 e. The van der Waals surface area contributed by atoms with Crippen molar-refractivity contribution in [2.75, 3.05) is 5.32 Å². The lowest BCUT2D eigenvalue weighted by atomic mass is 10.1. The summed E-state index contributed by atoms with van der Waals surface area (Å²) in [6, 6.07) is 10.5. The number of hydrogen-bond donors (Lipinski definition) is 1. The van der Waals surface area contributed by atoms with E-state index in [4.69, 9.17) is 4.98 Å². The Bertz CT molecular complexity index is 764. The third kappa shape index (κ3) is 2.90. The molecule has 1 atom stereocenters. The van der Waals surface area contributed by atoms with Crippen LogP contribution in [-0.4, -0.2) is 9.97 Å². The Balaban J connectivity index is 1.88. The van der Waals surface area contributed by atoms with Crippen LogP contribution in [-0.2, 0) is 6.42 Å². The molecule has 2 heterocycles. The Hall–Kier alpha value is -1.94. The summed E-state index contributed by atoms with van der Waals surface area (Å²) < 4.78 is 0. The van der Waals surface area contributed by atoms with Crippen LogP contribution in [0.4, 0.5) is 5.82 Å². The number of para-hydroxylation sites is 1. The van der Waals surface area contributed by atoms with E-state index in [1.165, 1.54) is 10.3 Å². The topological polar surface area (TPSA) is 37.8 Å². The highest BCUT2D eigenvalue weighted by Crippen LogP contribution is 2.26. The molecule has 2 aromatic heterocycles. The molecule has 3 rings (SSSR count). The summed E-state index contributed by atoms with van der Waals surface area (Å²) in [5.41, 5.74) is 2.18. The molecule has 1 aromatic carbocycles. The number of aryl methyl sites for hydroxylation is 2. The fourth-order valence-electron chi connectivity index (χ4n) is 2.32. The second kappa shape index (κ2) is 5.82. The molecule has 0 spiro atoms. The largest absolute Gasteiger partial charge is 0.361 e. The number of fused-ring (bicyclic) bond motifs is 1. The van der Waals surface area contributed by atoms with Gasteiger partial charge in [-0.3, -0.25) is 0 Å². The van der Waals surface area contributed by atoms with Crippen molar-refractivity contribution in [3.63, 3.8) is 0 Å². The molecule has 21 heavy (non-hydrogen) atoms. The molecular formula is C17H19N3S. The van der Waals surface area contributed by atoms with Crippen LogP contribution in [0.3, 0.4) is 0 Å². The quantitative estimate of drug-likeness (QED) is 0.756. The highest BCUT2D eigenvalue weighted by Gasteiger charge is 2.12. The Morgan fingerprint density at radius 1 is 1.29 bits per heavy atom. The molecule has 3 nitrogen and oxygen atoms in total. The number of nitrogens with one attached hydrogen (secondary N) is 1. The standard InChI is InChI=1S/C17H19N3S/c1-4-14-10-18-17(21-14)12(3)19-16-11(2)9-13-7-5-6-8-15(13)20-16/h5-10,12H,4H2,1-3H3,(H,19,20). The zero-order chi connectivity index (χ0) is 14.8. The molecule has 0 aliphatic carbocycles. The molecule has 0 aliphatic heterocycles. The Kier molecular flexibility index (Phi) is 3.88. The molecule has 0 bridgehead atoms. The van der Waals surface area contributed by atoms with Gasteiger partial charge in [-0.15, -0.1) is 11.3 Å². The molecule has 0 amide bonds. The molecule has 3 aromatic rings. The van der Waals surface area contributed by atoms with Crippen molar-refractivity contribution in [1.82, 2.24) is 9.97 Å². The second-order valence-corrected chi connectivity index (χ2v) is 6.38. The highest BCUT2D eigenvalue weighted by molar-refractivity contribution is 7.11. The highest BCUT2D eigenvalue weighted by atomic mass is 32.1. The zero-order valence-electron chi connectivity index (χ0n) is 12.6. The molecule has 4 heteroatoms. The van der Waals surface area contributed by atoms with Crippen molar-refractivity contribution in [1.29, 1.82) is 0 Å². The Morgan fingerprint density at radius 2 is 2.10 bits per heavy atom. The normalized spacial score (nSPS) is 12.5. The average molecular weight is 297 g/mol. The van der Waals surface area contributed by atoms with E-state index in [1.807, 2.05) is 24.4 Å². The van der Waals surface area contributed by atoms with Crippen LogP contribution in [0.15, 0.2) is 36.5 Å². The van der Waals surface area contributed by atoms with Crippen molar-refractivity contribution in [3.05, 3.63) is 52.0 Å². The van der Waals surface area contributed by atoms with Crippen LogP contribution >= 0.6 is 11.3 Å². The van der Waals surface area contributed by atoms with Gasteiger partial charge in [-0.25, -0.2) is 9.97 Å². The number of thiazole rings is 1. The minimum absolute atomic E-state index is 0.169. The number of anilines is 1. The summed E-state index contributed by atoms with van der Waals surface area (Å²) >= 11 is 1.77. The lowest BCUT2D eigenvalue weighted by Gasteiger charge is -2.14. The maximum Gasteiger partial charge on any atom is 0.130 e. The number of pyridine rings is 1. The first-order valence-electron chi connectivity index (χ1n) is 7.25. The van der Waals surface area contributed by atoms with Gasteiger partial charge in [0, 0.05) is 16.5 Å². The minimum Gasteiger partial charge on any atom is -0.361 e. The van der Waals surface area contributed by atoms with Crippen LogP contribution in [0.2, 0.25) is 0 Å². The van der Waals surface area contributed by atoms with Crippen LogP contribution in [0.25, 0.3) is 10.9 Å². The maximum absolute atomic E-state index is 4.73. The molecule has 0 radical (unpaired) electrons. The van der Waals surface area contributed by atoms with Crippen molar-refractivity contribution in [2.24, 2.45) is 0 Å². The Labute approximate surface area is 129 Å². The third-order valence-corrected chi connectivity index (χ3v) is 4.88. The van der Waals surface area contributed by atoms with E-state index in [2.05, 4.69) is 43.2 Å². The fraction of sp³-hybridized carbons (Fsp3) is 0.294. The number of rotatable bonds is 4. The summed E-state index contributed by atoms with van der Waals surface area (Å²) in [6.45, 7) is 6.38. The Morgan fingerprint density at radius 3 is 2.86 bits per heavy atom. The van der Waals surface area contributed by atoms with Crippen molar-refractivity contribution in [2.45, 2.75) is 33.2 Å². The van der Waals surface area contributed by atoms with Gasteiger partial charge < -0.3 is 5.32 Å². The van der Waals surface area contributed by atoms with Gasteiger partial charge >= 0.3 is 0 Å². The van der Waals surface area contributed by atoms with E-state index in [9.17, 15) is 0 Å². The molecular weight excluding hydrogens is 278 g/mol. The van der Waals surface area contributed by atoms with E-state index in [0.29, 0.717) is 0 Å². The van der Waals surface area contributed by atoms with E-state index in [0.717, 1.165) is 28.3 Å². The van der Waals surface area contributed by atoms with Gasteiger partial charge in [0.1, 0.15) is 10.8 Å². The van der Waals surface area contributed by atoms with Crippen LogP contribution in [0, 0.1) is 6.92 Å². The van der Waals surface area contributed by atoms with Crippen molar-refractivity contribution >= 4 is 28.1 Å². The van der Waals surface area contributed by atoms with Gasteiger partial charge in [0.25, 0.3) is 0 Å². The van der Waals surface area contributed by atoms with Crippen LogP contribution in [0.1, 0.15) is 35.3 Å². The van der Waals surface area contributed by atoms with Gasteiger partial charge in [-0.2, -0.15) is 0 Å². The molecule has 0 saturated carbocycles. The summed E-state index contributed by atoms with van der Waals surface area (Å²) in [7, 11) is 0. The van der Waals surface area contributed by atoms with E-state index < -0.39 is 0 Å². The molecule has 0 aliphatic rings. The van der Waals surface area contributed by atoms with Crippen LogP contribution in [0.5, 0.6) is 0 Å². The minimum atomic E-state index is 0.169. The first-order chi connectivity index (χ1) is 10.2. The molecule has 108 valence electrons. The third-order valence-electron chi connectivity index (χ3n) is 3.56. The first kappa shape index (κ1) is 14.0. The van der Waals surface area contributed by atoms with Gasteiger partial charge in [0.15, 0.2) is 0 Å². The lowest BCUT2D eigenvalue weighted by Crippen LogP contribution is -2.08. The van der Waals surface area contributed by atoms with E-state index in [1.54, 1.807) is 11.3 Å². The van der Waals surface area contributed by atoms with Crippen LogP contribution < -0.4 is 5.32 Å². The molecule has 0 saturated heterocycles. The lowest BCUT2D eigenvalue weighted by molar-refractivity contribution is 0.860. The number of hydrogen-bond acceptors (Lipinski definition) is 4. The average Bonchev–Trinajstić information content (AvgIpc) is 2.97. The van der Waals surface area contributed by atoms with E-state index in [-0.39, 0.29) is 6.04 Å². The van der Waals surface area contributed by atoms with Gasteiger partial charge in [-0.1, -0.05) is 25.1 Å². The SMILES string of the molecule is CCc1cnc(C(C)Nc2nc3ccccc3cc2C)s1. The summed E-state index contributed by atoms with van der Waals surface area (Å²) in [6.07, 6.45) is 3.01. The van der Waals surface area contributed by atoms with Crippen molar-refractivity contribution < 1.29 is 0 Å². The predicted molar refractivity (Wildman–Crippen MR) is 90.0 cm³/mol. The zero-order valence-corrected chi connectivity index (χ0v) is 13.4. The number of nitrogens with zero attached hydrogens (tertiary/aromatic N) is 2.